The molecule has 0 heterocycles. The third-order valence-corrected chi connectivity index (χ3v) is 4.82. The summed E-state index contributed by atoms with van der Waals surface area (Å²) < 4.78 is 30.7. The fraction of sp³-hybridized carbons (Fsp3) is 0.357. The number of likely N-dealkylation sites (N-methyl/N-ethyl adjacent to an activating group) is 1. The number of ether oxygens (including phenoxy) is 1. The lowest BCUT2D eigenvalue weighted by atomic mass is 10.1. The topological polar surface area (TPSA) is 83.9 Å². The highest BCUT2D eigenvalue weighted by Gasteiger charge is 2.20. The van der Waals surface area contributed by atoms with Gasteiger partial charge in [-0.1, -0.05) is 6.07 Å². The average molecular weight is 313 g/mol. The van der Waals surface area contributed by atoms with Crippen molar-refractivity contribution in [1.29, 1.82) is 0 Å². The van der Waals surface area contributed by atoms with Gasteiger partial charge in [-0.3, -0.25) is 0 Å². The Balaban J connectivity index is 3.05. The Kier molecular flexibility index (Phi) is 6.07. The number of hydrogen-bond acceptors (Lipinski definition) is 4. The number of hydrogen-bond donors (Lipinski definition) is 1. The van der Waals surface area contributed by atoms with Gasteiger partial charge in [-0.15, -0.1) is 0 Å². The molecule has 0 saturated carbocycles. The van der Waals surface area contributed by atoms with Crippen molar-refractivity contribution < 1.29 is 23.1 Å². The number of methoxy groups -OCH3 is 1. The molecule has 0 saturated heterocycles. The van der Waals surface area contributed by atoms with Crippen LogP contribution in [0.25, 0.3) is 6.08 Å². The molecule has 1 aromatic rings. The van der Waals surface area contributed by atoms with Gasteiger partial charge in [0.15, 0.2) is 0 Å². The van der Waals surface area contributed by atoms with Crippen LogP contribution in [0.1, 0.15) is 11.1 Å². The molecule has 0 aliphatic carbocycles. The summed E-state index contributed by atoms with van der Waals surface area (Å²) in [6.45, 7) is 2.31. The molecule has 0 bridgehead atoms. The number of nitrogens with zero attached hydrogens (tertiary/aromatic N) is 1. The van der Waals surface area contributed by atoms with Crippen molar-refractivity contribution in [2.45, 2.75) is 11.8 Å². The summed E-state index contributed by atoms with van der Waals surface area (Å²) >= 11 is 0. The van der Waals surface area contributed by atoms with Crippen LogP contribution >= 0.6 is 0 Å². The van der Waals surface area contributed by atoms with Gasteiger partial charge in [0.05, 0.1) is 11.5 Å². The molecule has 0 unspecified atom stereocenters. The van der Waals surface area contributed by atoms with E-state index in [-0.39, 0.29) is 11.4 Å². The molecule has 0 spiro atoms. The largest absolute Gasteiger partial charge is 0.478 e. The molecule has 0 atom stereocenters. The Hall–Kier alpha value is -1.70. The molecule has 116 valence electrons. The highest BCUT2D eigenvalue weighted by molar-refractivity contribution is 7.89. The van der Waals surface area contributed by atoms with E-state index in [1.807, 2.05) is 0 Å². The average Bonchev–Trinajstić information content (AvgIpc) is 2.42. The maximum Gasteiger partial charge on any atom is 0.328 e. The van der Waals surface area contributed by atoms with Gasteiger partial charge in [0, 0.05) is 26.8 Å². The van der Waals surface area contributed by atoms with Crippen LogP contribution in [0.4, 0.5) is 0 Å². The molecular formula is C14H19NO5S. The molecule has 0 amide bonds. The Morgan fingerprint density at radius 1 is 1.43 bits per heavy atom. The number of sulfonamides is 1. The third kappa shape index (κ3) is 4.66. The van der Waals surface area contributed by atoms with Crippen molar-refractivity contribution in [2.24, 2.45) is 0 Å². The van der Waals surface area contributed by atoms with Crippen LogP contribution in [-0.4, -0.2) is 51.1 Å². The van der Waals surface area contributed by atoms with Crippen LogP contribution in [0.2, 0.25) is 0 Å². The second-order valence-corrected chi connectivity index (χ2v) is 6.55. The highest BCUT2D eigenvalue weighted by Crippen LogP contribution is 2.19. The van der Waals surface area contributed by atoms with E-state index < -0.39 is 16.0 Å². The first-order valence-electron chi connectivity index (χ1n) is 6.26. The molecule has 0 aliphatic rings. The summed E-state index contributed by atoms with van der Waals surface area (Å²) in [4.78, 5) is 10.7. The second kappa shape index (κ2) is 7.35. The first-order valence-corrected chi connectivity index (χ1v) is 7.70. The summed E-state index contributed by atoms with van der Waals surface area (Å²) in [5.41, 5.74) is 1.35. The van der Waals surface area contributed by atoms with Gasteiger partial charge in [-0.2, -0.15) is 4.31 Å². The van der Waals surface area contributed by atoms with Gasteiger partial charge in [-0.05, 0) is 36.3 Å². The van der Waals surface area contributed by atoms with Gasteiger partial charge < -0.3 is 9.84 Å². The van der Waals surface area contributed by atoms with E-state index in [9.17, 15) is 13.2 Å². The van der Waals surface area contributed by atoms with E-state index in [0.29, 0.717) is 17.7 Å². The van der Waals surface area contributed by atoms with Gasteiger partial charge in [0.1, 0.15) is 0 Å². The molecular weight excluding hydrogens is 294 g/mol. The van der Waals surface area contributed by atoms with Crippen LogP contribution in [-0.2, 0) is 19.6 Å². The lowest BCUT2D eigenvalue weighted by Gasteiger charge is -2.17. The van der Waals surface area contributed by atoms with Crippen molar-refractivity contribution in [3.05, 3.63) is 35.4 Å². The first kappa shape index (κ1) is 17.4. The summed E-state index contributed by atoms with van der Waals surface area (Å²) in [5.74, 6) is -1.05. The van der Waals surface area contributed by atoms with Crippen LogP contribution in [0.5, 0.6) is 0 Å². The minimum absolute atomic E-state index is 0.172. The first-order chi connectivity index (χ1) is 9.78. The van der Waals surface area contributed by atoms with Crippen LogP contribution in [0.3, 0.4) is 0 Å². The normalized spacial score (nSPS) is 12.2. The van der Waals surface area contributed by atoms with Gasteiger partial charge >= 0.3 is 5.97 Å². The number of carbonyl (C=O) groups is 1. The van der Waals surface area contributed by atoms with E-state index in [4.69, 9.17) is 9.84 Å². The van der Waals surface area contributed by atoms with E-state index >= 15 is 0 Å². The SMILES string of the molecule is COCCN(C)S(=O)(=O)c1ccc(C=CC(=O)O)c(C)c1. The molecule has 1 rings (SSSR count). The molecule has 0 radical (unpaired) electrons. The molecule has 0 fully saturated rings. The Labute approximate surface area is 124 Å². The van der Waals surface area contributed by atoms with Crippen molar-refractivity contribution in [2.75, 3.05) is 27.3 Å². The predicted molar refractivity (Wildman–Crippen MR) is 79.5 cm³/mol. The molecule has 0 aromatic heterocycles. The number of aryl methyl sites for hydroxylation is 1. The standard InChI is InChI=1S/C14H19NO5S/c1-11-10-13(6-4-12(11)5-7-14(16)17)21(18,19)15(2)8-9-20-3/h4-7,10H,8-9H2,1-3H3,(H,16,17). The maximum atomic E-state index is 12.3. The minimum Gasteiger partial charge on any atom is -0.478 e. The fourth-order valence-corrected chi connectivity index (χ4v) is 2.92. The van der Waals surface area contributed by atoms with Crippen molar-refractivity contribution in [3.8, 4) is 0 Å². The Morgan fingerprint density at radius 3 is 2.62 bits per heavy atom. The van der Waals surface area contributed by atoms with E-state index in [1.165, 1.54) is 36.7 Å². The number of carboxylic acid groups (broad SMARTS) is 1. The Bertz CT molecular complexity index is 637. The van der Waals surface area contributed by atoms with Crippen molar-refractivity contribution in [3.63, 3.8) is 0 Å². The van der Waals surface area contributed by atoms with Gasteiger partial charge in [0.25, 0.3) is 0 Å². The summed E-state index contributed by atoms with van der Waals surface area (Å²) in [5, 5.41) is 8.60. The lowest BCUT2D eigenvalue weighted by Crippen LogP contribution is -2.30. The molecule has 1 N–H and O–H groups in total. The van der Waals surface area contributed by atoms with Gasteiger partial charge in [-0.25, -0.2) is 13.2 Å². The maximum absolute atomic E-state index is 12.3. The number of carboxylic acids is 1. The summed E-state index contributed by atoms with van der Waals surface area (Å²) in [6, 6.07) is 4.58. The van der Waals surface area contributed by atoms with Crippen molar-refractivity contribution in [1.82, 2.24) is 4.31 Å². The number of aliphatic carboxylic acids is 1. The fourth-order valence-electron chi connectivity index (χ4n) is 1.68. The zero-order valence-electron chi connectivity index (χ0n) is 12.2. The van der Waals surface area contributed by atoms with Crippen LogP contribution < -0.4 is 0 Å². The van der Waals surface area contributed by atoms with E-state index in [0.717, 1.165) is 6.08 Å². The zero-order chi connectivity index (χ0) is 16.0. The molecule has 7 heteroatoms. The van der Waals surface area contributed by atoms with Crippen LogP contribution in [0.15, 0.2) is 29.2 Å². The zero-order valence-corrected chi connectivity index (χ0v) is 13.1. The number of benzene rings is 1. The number of rotatable bonds is 7. The molecule has 6 nitrogen and oxygen atoms in total. The third-order valence-electron chi connectivity index (χ3n) is 2.97. The lowest BCUT2D eigenvalue weighted by molar-refractivity contribution is -0.131. The quantitative estimate of drug-likeness (QED) is 0.768. The monoisotopic (exact) mass is 313 g/mol. The molecule has 21 heavy (non-hydrogen) atoms. The van der Waals surface area contributed by atoms with Crippen LogP contribution in [0, 0.1) is 6.92 Å². The smallest absolute Gasteiger partial charge is 0.328 e. The molecule has 1 aromatic carbocycles. The highest BCUT2D eigenvalue weighted by atomic mass is 32.2. The summed E-state index contributed by atoms with van der Waals surface area (Å²) in [7, 11) is -0.573. The minimum atomic E-state index is -3.57. The predicted octanol–water partition coefficient (Wildman–Crippen LogP) is 1.36. The second-order valence-electron chi connectivity index (χ2n) is 4.51. The van der Waals surface area contributed by atoms with E-state index in [2.05, 4.69) is 0 Å². The molecule has 0 aliphatic heterocycles. The Morgan fingerprint density at radius 2 is 2.10 bits per heavy atom. The van der Waals surface area contributed by atoms with Crippen molar-refractivity contribution >= 4 is 22.1 Å². The summed E-state index contributed by atoms with van der Waals surface area (Å²) in [6.07, 6.45) is 2.45. The van der Waals surface area contributed by atoms with Gasteiger partial charge in [0.2, 0.25) is 10.0 Å². The van der Waals surface area contributed by atoms with E-state index in [1.54, 1.807) is 13.0 Å².